The lowest BCUT2D eigenvalue weighted by Gasteiger charge is -2.19. The summed E-state index contributed by atoms with van der Waals surface area (Å²) < 4.78 is 29.2. The molecule has 210 valence electrons. The molecule has 0 amide bonds. The summed E-state index contributed by atoms with van der Waals surface area (Å²) in [6.45, 7) is 0. The lowest BCUT2D eigenvalue weighted by Crippen LogP contribution is -2.01. The molecule has 3 aromatic carbocycles. The third kappa shape index (κ3) is 5.57. The number of aromatic nitrogens is 2. The van der Waals surface area contributed by atoms with Gasteiger partial charge < -0.3 is 19.3 Å². The summed E-state index contributed by atoms with van der Waals surface area (Å²) in [7, 11) is 1.33. The van der Waals surface area contributed by atoms with Gasteiger partial charge in [-0.15, -0.1) is 22.7 Å². The summed E-state index contributed by atoms with van der Waals surface area (Å²) in [5.74, 6) is 0.127. The van der Waals surface area contributed by atoms with Gasteiger partial charge in [-0.25, -0.2) is 9.59 Å². The molecule has 0 spiro atoms. The molecule has 42 heavy (non-hydrogen) atoms. The van der Waals surface area contributed by atoms with E-state index in [9.17, 15) is 14.7 Å². The molecular weight excluding hydrogens is 728 g/mol. The number of carbonyl (C=O) groups is 2. The van der Waals surface area contributed by atoms with E-state index in [0.29, 0.717) is 50.7 Å². The molecule has 1 N–H and O–H groups in total. The van der Waals surface area contributed by atoms with Gasteiger partial charge in [0.15, 0.2) is 11.5 Å². The Hall–Kier alpha value is -3.62. The Morgan fingerprint density at radius 2 is 1.14 bits per heavy atom. The molecule has 0 aliphatic rings. The van der Waals surface area contributed by atoms with Crippen molar-refractivity contribution in [3.63, 3.8) is 0 Å². The van der Waals surface area contributed by atoms with E-state index in [1.165, 1.54) is 41.9 Å². The van der Waals surface area contributed by atoms with Crippen LogP contribution >= 0.6 is 66.3 Å². The second-order valence-corrected chi connectivity index (χ2v) is 14.1. The molecule has 0 radical (unpaired) electrons. The molecule has 0 unspecified atom stereocenters. The summed E-state index contributed by atoms with van der Waals surface area (Å²) in [6, 6.07) is 20.5. The normalized spacial score (nSPS) is 11.0. The standard InChI is InChI=1S/C29H16Br2N2O6S3/c1-37-29(36)15-4-8-17(9-5-15)39-27-23(19-11-13-21(31)41-19)25-24(32-42-33-25)22(18-10-12-20(30)40-18)26(27)38-16-6-2-14(3-7-16)28(34)35/h2-13H,1H3,(H,34,35). The summed E-state index contributed by atoms with van der Waals surface area (Å²) in [6.07, 6.45) is 0. The van der Waals surface area contributed by atoms with E-state index < -0.39 is 11.9 Å². The van der Waals surface area contributed by atoms with Crippen molar-refractivity contribution in [1.29, 1.82) is 0 Å². The first-order chi connectivity index (χ1) is 20.3. The minimum Gasteiger partial charge on any atom is -0.478 e. The van der Waals surface area contributed by atoms with Crippen LogP contribution in [0.5, 0.6) is 23.0 Å². The van der Waals surface area contributed by atoms with Crippen LogP contribution < -0.4 is 9.47 Å². The van der Waals surface area contributed by atoms with E-state index in [2.05, 4.69) is 40.6 Å². The van der Waals surface area contributed by atoms with E-state index in [1.807, 2.05) is 24.3 Å². The van der Waals surface area contributed by atoms with Crippen molar-refractivity contribution in [3.05, 3.63) is 91.5 Å². The Balaban J connectivity index is 1.62. The van der Waals surface area contributed by atoms with Crippen LogP contribution in [0.15, 0.2) is 80.4 Å². The summed E-state index contributed by atoms with van der Waals surface area (Å²) >= 11 is 11.2. The lowest BCUT2D eigenvalue weighted by molar-refractivity contribution is 0.0599. The number of fused-ring (bicyclic) bond motifs is 1. The maximum absolute atomic E-state index is 12.0. The molecule has 3 heterocycles. The van der Waals surface area contributed by atoms with E-state index in [4.69, 9.17) is 14.2 Å². The highest BCUT2D eigenvalue weighted by atomic mass is 79.9. The lowest BCUT2D eigenvalue weighted by atomic mass is 10.0. The SMILES string of the molecule is COC(=O)c1ccc(Oc2c(Oc3ccc(C(=O)O)cc3)c(-c3ccc(Br)s3)c3nsnc3c2-c2ccc(Br)s2)cc1. The van der Waals surface area contributed by atoms with Crippen LogP contribution in [0, 0.1) is 0 Å². The fraction of sp³-hybridized carbons (Fsp3) is 0.0345. The quantitative estimate of drug-likeness (QED) is 0.154. The zero-order valence-corrected chi connectivity index (χ0v) is 26.9. The zero-order chi connectivity index (χ0) is 29.4. The molecule has 0 atom stereocenters. The van der Waals surface area contributed by atoms with Gasteiger partial charge in [0.2, 0.25) is 0 Å². The van der Waals surface area contributed by atoms with Gasteiger partial charge in [0.1, 0.15) is 22.5 Å². The number of rotatable bonds is 8. The minimum atomic E-state index is -1.04. The van der Waals surface area contributed by atoms with Crippen molar-refractivity contribution in [1.82, 2.24) is 8.75 Å². The molecular formula is C29H16Br2N2O6S3. The number of esters is 1. The van der Waals surface area contributed by atoms with Crippen LogP contribution in [0.3, 0.4) is 0 Å². The number of thiophene rings is 2. The molecule has 6 rings (SSSR count). The van der Waals surface area contributed by atoms with Crippen molar-refractivity contribution in [2.24, 2.45) is 0 Å². The highest BCUT2D eigenvalue weighted by Gasteiger charge is 2.29. The fourth-order valence-corrected chi connectivity index (χ4v) is 7.60. The van der Waals surface area contributed by atoms with Gasteiger partial charge in [-0.1, -0.05) is 0 Å². The van der Waals surface area contributed by atoms with E-state index in [1.54, 1.807) is 36.4 Å². The molecule has 0 aliphatic heterocycles. The first-order valence-electron chi connectivity index (χ1n) is 12.0. The molecule has 6 aromatic rings. The number of benzene rings is 3. The predicted octanol–water partition coefficient (Wildman–Crippen LogP) is 9.74. The number of aromatic carboxylic acids is 1. The third-order valence-corrected chi connectivity index (χ3v) is 9.89. The van der Waals surface area contributed by atoms with Crippen LogP contribution in [-0.4, -0.2) is 32.9 Å². The molecule has 0 aliphatic carbocycles. The Bertz CT molecular complexity index is 1950. The minimum absolute atomic E-state index is 0.134. The van der Waals surface area contributed by atoms with Crippen LogP contribution in [-0.2, 0) is 4.74 Å². The second kappa shape index (κ2) is 11.9. The second-order valence-electron chi connectivity index (χ2n) is 8.63. The first-order valence-corrected chi connectivity index (χ1v) is 16.0. The number of ether oxygens (including phenoxy) is 3. The van der Waals surface area contributed by atoms with Gasteiger partial charge in [0, 0.05) is 9.75 Å². The number of nitrogens with zero attached hydrogens (tertiary/aromatic N) is 2. The summed E-state index contributed by atoms with van der Waals surface area (Å²) in [4.78, 5) is 25.2. The topological polar surface area (TPSA) is 108 Å². The molecule has 0 fully saturated rings. The smallest absolute Gasteiger partial charge is 0.337 e. The summed E-state index contributed by atoms with van der Waals surface area (Å²) in [5.41, 5.74) is 3.16. The fourth-order valence-electron chi connectivity index (χ4n) is 4.19. The van der Waals surface area contributed by atoms with E-state index in [0.717, 1.165) is 29.1 Å². The van der Waals surface area contributed by atoms with E-state index >= 15 is 0 Å². The Kier molecular flexibility index (Phi) is 8.10. The third-order valence-electron chi connectivity index (χ3n) is 6.08. The number of carboxylic acids is 1. The number of hydrogen-bond donors (Lipinski definition) is 1. The predicted molar refractivity (Wildman–Crippen MR) is 171 cm³/mol. The number of hydrogen-bond acceptors (Lipinski definition) is 10. The average Bonchev–Trinajstić information content (AvgIpc) is 3.75. The molecule has 0 saturated carbocycles. The molecule has 13 heteroatoms. The molecule has 3 aromatic heterocycles. The molecule has 0 bridgehead atoms. The van der Waals surface area contributed by atoms with Gasteiger partial charge in [-0.3, -0.25) is 0 Å². The monoisotopic (exact) mass is 742 g/mol. The number of carboxylic acid groups (broad SMARTS) is 1. The summed E-state index contributed by atoms with van der Waals surface area (Å²) in [5, 5.41) is 9.39. The van der Waals surface area contributed by atoms with Crippen molar-refractivity contribution in [3.8, 4) is 43.9 Å². The largest absolute Gasteiger partial charge is 0.478 e. The first kappa shape index (κ1) is 28.5. The Morgan fingerprint density at radius 1 is 0.690 bits per heavy atom. The van der Waals surface area contributed by atoms with Gasteiger partial charge in [-0.05, 0) is 105 Å². The van der Waals surface area contributed by atoms with Crippen LogP contribution in [0.25, 0.3) is 31.9 Å². The van der Waals surface area contributed by atoms with Crippen LogP contribution in [0.2, 0.25) is 0 Å². The van der Waals surface area contributed by atoms with E-state index in [-0.39, 0.29) is 5.56 Å². The number of carbonyl (C=O) groups excluding carboxylic acids is 1. The van der Waals surface area contributed by atoms with Crippen molar-refractivity contribution in [2.75, 3.05) is 7.11 Å². The highest BCUT2D eigenvalue weighted by Crippen LogP contribution is 2.55. The maximum atomic E-state index is 12.0. The zero-order valence-electron chi connectivity index (χ0n) is 21.3. The van der Waals surface area contributed by atoms with Gasteiger partial charge in [-0.2, -0.15) is 8.75 Å². The van der Waals surface area contributed by atoms with Crippen LogP contribution in [0.1, 0.15) is 20.7 Å². The van der Waals surface area contributed by atoms with Crippen molar-refractivity contribution < 1.29 is 28.9 Å². The van der Waals surface area contributed by atoms with Gasteiger partial charge in [0.05, 0.1) is 48.7 Å². The average molecular weight is 744 g/mol. The van der Waals surface area contributed by atoms with Gasteiger partial charge in [0.25, 0.3) is 0 Å². The number of halogens is 2. The highest BCUT2D eigenvalue weighted by molar-refractivity contribution is 9.11. The van der Waals surface area contributed by atoms with Gasteiger partial charge >= 0.3 is 11.9 Å². The Morgan fingerprint density at radius 3 is 1.52 bits per heavy atom. The Labute approximate surface area is 267 Å². The van der Waals surface area contributed by atoms with Crippen molar-refractivity contribution in [2.45, 2.75) is 0 Å². The molecule has 0 saturated heterocycles. The number of methoxy groups -OCH3 is 1. The molecule has 8 nitrogen and oxygen atoms in total. The maximum Gasteiger partial charge on any atom is 0.337 e. The van der Waals surface area contributed by atoms with Crippen molar-refractivity contribution >= 4 is 89.2 Å². The van der Waals surface area contributed by atoms with Crippen LogP contribution in [0.4, 0.5) is 0 Å².